The van der Waals surface area contributed by atoms with E-state index in [1.165, 1.54) is 0 Å². The van der Waals surface area contributed by atoms with Crippen molar-refractivity contribution in [3.63, 3.8) is 0 Å². The minimum absolute atomic E-state index is 0.00729. The molecule has 140 valence electrons. The Labute approximate surface area is 157 Å². The van der Waals surface area contributed by atoms with Crippen molar-refractivity contribution >= 4 is 16.9 Å². The van der Waals surface area contributed by atoms with Crippen LogP contribution >= 0.6 is 0 Å². The molecule has 1 aliphatic rings. The fourth-order valence-electron chi connectivity index (χ4n) is 3.79. The van der Waals surface area contributed by atoms with Crippen LogP contribution in [0, 0.1) is 6.92 Å². The molecule has 1 fully saturated rings. The molecule has 0 radical (unpaired) electrons. The van der Waals surface area contributed by atoms with Gasteiger partial charge in [0.05, 0.1) is 16.6 Å². The average Bonchev–Trinajstić information content (AvgIpc) is 3.01. The third-order valence-electron chi connectivity index (χ3n) is 4.94. The average molecular weight is 365 g/mol. The summed E-state index contributed by atoms with van der Waals surface area (Å²) >= 11 is 0. The Bertz CT molecular complexity index is 986. The van der Waals surface area contributed by atoms with Crippen LogP contribution < -0.4 is 5.32 Å². The zero-order valence-electron chi connectivity index (χ0n) is 15.7. The second kappa shape index (κ2) is 6.66. The first-order chi connectivity index (χ1) is 12.9. The second-order valence-electron chi connectivity index (χ2n) is 7.33. The standard InChI is InChI=1S/C20H23N5O2/c1-11-9-25(10-12(2)21-11)20(27)16-8-17(14-4-6-15(26)7-5-14)22-19-18(16)13(3)23-24-19/h4-8,11-12,21,26H,9-10H2,1-3H3,(H,22,23,24). The van der Waals surface area contributed by atoms with Gasteiger partial charge in [-0.25, -0.2) is 4.98 Å². The topological polar surface area (TPSA) is 94.1 Å². The number of nitrogens with one attached hydrogen (secondary N) is 2. The van der Waals surface area contributed by atoms with Crippen molar-refractivity contribution in [1.29, 1.82) is 0 Å². The van der Waals surface area contributed by atoms with Crippen molar-refractivity contribution in [2.45, 2.75) is 32.9 Å². The first-order valence-corrected chi connectivity index (χ1v) is 9.13. The van der Waals surface area contributed by atoms with Crippen LogP contribution in [0.4, 0.5) is 0 Å². The Morgan fingerprint density at radius 1 is 1.19 bits per heavy atom. The molecule has 1 aromatic carbocycles. The van der Waals surface area contributed by atoms with E-state index in [9.17, 15) is 9.90 Å². The number of rotatable bonds is 2. The Balaban J connectivity index is 1.81. The lowest BCUT2D eigenvalue weighted by Crippen LogP contribution is -2.55. The fourth-order valence-corrected chi connectivity index (χ4v) is 3.79. The van der Waals surface area contributed by atoms with E-state index in [0.717, 1.165) is 16.6 Å². The number of carbonyl (C=O) groups excluding carboxylic acids is 1. The molecule has 7 nitrogen and oxygen atoms in total. The van der Waals surface area contributed by atoms with Gasteiger partial charge in [-0.05, 0) is 51.1 Å². The smallest absolute Gasteiger partial charge is 0.254 e. The maximum absolute atomic E-state index is 13.4. The highest BCUT2D eigenvalue weighted by Crippen LogP contribution is 2.28. The molecule has 7 heteroatoms. The number of aromatic nitrogens is 3. The molecule has 0 bridgehead atoms. The summed E-state index contributed by atoms with van der Waals surface area (Å²) in [6.45, 7) is 7.40. The summed E-state index contributed by atoms with van der Waals surface area (Å²) in [5.74, 6) is 0.183. The van der Waals surface area contributed by atoms with Crippen molar-refractivity contribution in [1.82, 2.24) is 25.4 Å². The highest BCUT2D eigenvalue weighted by atomic mass is 16.3. The van der Waals surface area contributed by atoms with Crippen molar-refractivity contribution in [2.24, 2.45) is 0 Å². The van der Waals surface area contributed by atoms with E-state index in [0.29, 0.717) is 30.0 Å². The van der Waals surface area contributed by atoms with Crippen molar-refractivity contribution in [2.75, 3.05) is 13.1 Å². The zero-order valence-corrected chi connectivity index (χ0v) is 15.7. The van der Waals surface area contributed by atoms with Gasteiger partial charge < -0.3 is 15.3 Å². The van der Waals surface area contributed by atoms with Crippen LogP contribution in [0.1, 0.15) is 29.9 Å². The molecule has 0 aliphatic carbocycles. The first-order valence-electron chi connectivity index (χ1n) is 9.13. The number of phenols is 1. The van der Waals surface area contributed by atoms with Gasteiger partial charge in [0.15, 0.2) is 5.65 Å². The number of hydrogen-bond donors (Lipinski definition) is 3. The van der Waals surface area contributed by atoms with Gasteiger partial charge in [0, 0.05) is 36.4 Å². The molecular formula is C20H23N5O2. The molecule has 2 unspecified atom stereocenters. The van der Waals surface area contributed by atoms with Crippen LogP contribution in [0.3, 0.4) is 0 Å². The molecule has 1 aliphatic heterocycles. The van der Waals surface area contributed by atoms with Crippen molar-refractivity contribution < 1.29 is 9.90 Å². The van der Waals surface area contributed by atoms with E-state index in [2.05, 4.69) is 34.3 Å². The van der Waals surface area contributed by atoms with Gasteiger partial charge >= 0.3 is 0 Å². The van der Waals surface area contributed by atoms with Gasteiger partial charge in [0.2, 0.25) is 0 Å². The van der Waals surface area contributed by atoms with E-state index in [4.69, 9.17) is 0 Å². The third-order valence-corrected chi connectivity index (χ3v) is 4.94. The first kappa shape index (κ1) is 17.5. The summed E-state index contributed by atoms with van der Waals surface area (Å²) in [5.41, 5.74) is 3.45. The lowest BCUT2D eigenvalue weighted by molar-refractivity contribution is 0.0675. The molecule has 3 heterocycles. The van der Waals surface area contributed by atoms with E-state index in [1.54, 1.807) is 24.3 Å². The van der Waals surface area contributed by atoms with Gasteiger partial charge in [0.25, 0.3) is 5.91 Å². The summed E-state index contributed by atoms with van der Waals surface area (Å²) in [7, 11) is 0. The van der Waals surface area contributed by atoms with Crippen LogP contribution in [0.15, 0.2) is 30.3 Å². The van der Waals surface area contributed by atoms with Gasteiger partial charge in [-0.2, -0.15) is 5.10 Å². The number of aromatic amines is 1. The number of piperazine rings is 1. The molecule has 0 spiro atoms. The Morgan fingerprint density at radius 3 is 2.52 bits per heavy atom. The summed E-state index contributed by atoms with van der Waals surface area (Å²) in [4.78, 5) is 19.9. The predicted octanol–water partition coefficient (Wildman–Crippen LogP) is 2.46. The number of amides is 1. The number of aryl methyl sites for hydroxylation is 1. The molecule has 2 atom stereocenters. The molecule has 1 amide bonds. The minimum Gasteiger partial charge on any atom is -0.508 e. The molecule has 1 saturated heterocycles. The third kappa shape index (κ3) is 3.26. The normalized spacial score (nSPS) is 20.2. The van der Waals surface area contributed by atoms with Gasteiger partial charge in [-0.15, -0.1) is 0 Å². The number of phenolic OH excluding ortho intramolecular Hbond substituents is 1. The predicted molar refractivity (Wildman–Crippen MR) is 104 cm³/mol. The number of benzene rings is 1. The SMILES string of the molecule is Cc1[nH]nc2nc(-c3ccc(O)cc3)cc(C(=O)N3CC(C)NC(C)C3)c12. The number of fused-ring (bicyclic) bond motifs is 1. The van der Waals surface area contributed by atoms with E-state index < -0.39 is 0 Å². The molecule has 2 aromatic heterocycles. The van der Waals surface area contributed by atoms with E-state index >= 15 is 0 Å². The number of nitrogens with zero attached hydrogens (tertiary/aromatic N) is 3. The maximum atomic E-state index is 13.4. The number of H-pyrrole nitrogens is 1. The monoisotopic (exact) mass is 365 g/mol. The van der Waals surface area contributed by atoms with Crippen LogP contribution in [0.25, 0.3) is 22.3 Å². The second-order valence-corrected chi connectivity index (χ2v) is 7.33. The number of pyridine rings is 1. The lowest BCUT2D eigenvalue weighted by Gasteiger charge is -2.36. The van der Waals surface area contributed by atoms with Crippen molar-refractivity contribution in [3.05, 3.63) is 41.6 Å². The lowest BCUT2D eigenvalue weighted by atomic mass is 10.0. The van der Waals surface area contributed by atoms with Gasteiger partial charge in [-0.1, -0.05) is 0 Å². The molecule has 3 aromatic rings. The van der Waals surface area contributed by atoms with Crippen LogP contribution in [-0.2, 0) is 0 Å². The number of hydrogen-bond acceptors (Lipinski definition) is 5. The van der Waals surface area contributed by atoms with Gasteiger partial charge in [-0.3, -0.25) is 9.89 Å². The quantitative estimate of drug-likeness (QED) is 0.649. The molecule has 27 heavy (non-hydrogen) atoms. The van der Waals surface area contributed by atoms with Gasteiger partial charge in [0.1, 0.15) is 5.75 Å². The van der Waals surface area contributed by atoms with Crippen LogP contribution in [-0.4, -0.2) is 56.3 Å². The summed E-state index contributed by atoms with van der Waals surface area (Å²) in [5, 5.41) is 21.0. The summed E-state index contributed by atoms with van der Waals surface area (Å²) in [6.07, 6.45) is 0. The van der Waals surface area contributed by atoms with Crippen molar-refractivity contribution in [3.8, 4) is 17.0 Å². The fraction of sp³-hybridized carbons (Fsp3) is 0.350. The Morgan fingerprint density at radius 2 is 1.85 bits per heavy atom. The maximum Gasteiger partial charge on any atom is 0.254 e. The van der Waals surface area contributed by atoms with E-state index in [-0.39, 0.29) is 23.7 Å². The number of carbonyl (C=O) groups is 1. The van der Waals surface area contributed by atoms with Crippen LogP contribution in [0.2, 0.25) is 0 Å². The Kier molecular flexibility index (Phi) is 4.31. The molecule has 3 N–H and O–H groups in total. The van der Waals surface area contributed by atoms with Crippen LogP contribution in [0.5, 0.6) is 5.75 Å². The highest BCUT2D eigenvalue weighted by Gasteiger charge is 2.28. The molecule has 4 rings (SSSR count). The summed E-state index contributed by atoms with van der Waals surface area (Å²) < 4.78 is 0. The zero-order chi connectivity index (χ0) is 19.1. The Hall–Kier alpha value is -2.93. The molecule has 0 saturated carbocycles. The highest BCUT2D eigenvalue weighted by molar-refractivity contribution is 6.07. The molecular weight excluding hydrogens is 342 g/mol. The largest absolute Gasteiger partial charge is 0.508 e. The number of aromatic hydroxyl groups is 1. The summed E-state index contributed by atoms with van der Waals surface area (Å²) in [6, 6.07) is 9.11. The minimum atomic E-state index is -0.00729. The van der Waals surface area contributed by atoms with E-state index in [1.807, 2.05) is 17.9 Å².